The lowest BCUT2D eigenvalue weighted by Gasteiger charge is -2.49. The van der Waals surface area contributed by atoms with Crippen LogP contribution in [0.2, 0.25) is 0 Å². The van der Waals surface area contributed by atoms with E-state index in [1.165, 1.54) is 71.1 Å². The molecule has 6 aliphatic rings. The Labute approximate surface area is 146 Å². The van der Waals surface area contributed by atoms with E-state index in [-0.39, 0.29) is 0 Å². The van der Waals surface area contributed by atoms with Crippen LogP contribution in [-0.2, 0) is 0 Å². The molecule has 4 heterocycles. The molecule has 6 fully saturated rings. The normalized spacial score (nSPS) is 56.8. The second-order valence-electron chi connectivity index (χ2n) is 9.61. The molecule has 2 saturated carbocycles. The van der Waals surface area contributed by atoms with Crippen LogP contribution in [0, 0.1) is 23.7 Å². The lowest BCUT2D eigenvalue weighted by Crippen LogP contribution is -2.60. The summed E-state index contributed by atoms with van der Waals surface area (Å²) in [6, 6.07) is 4.10. The molecule has 0 aromatic heterocycles. The first-order valence-corrected chi connectivity index (χ1v) is 10.9. The summed E-state index contributed by atoms with van der Waals surface area (Å²) >= 11 is 0. The maximum Gasteiger partial charge on any atom is 0.0351 e. The Balaban J connectivity index is 1.45. The van der Waals surface area contributed by atoms with Crippen molar-refractivity contribution in [3.05, 3.63) is 0 Å². The highest BCUT2D eigenvalue weighted by atomic mass is 15.3. The Morgan fingerprint density at radius 2 is 1.58 bits per heavy atom. The van der Waals surface area contributed by atoms with Crippen molar-refractivity contribution in [2.45, 2.75) is 75.2 Å². The van der Waals surface area contributed by atoms with Crippen LogP contribution in [0.15, 0.2) is 0 Å². The van der Waals surface area contributed by atoms with E-state index in [0.717, 1.165) is 47.8 Å². The van der Waals surface area contributed by atoms with Gasteiger partial charge in [-0.15, -0.1) is 0 Å². The molecule has 9 unspecified atom stereocenters. The number of piperidine rings is 2. The third-order valence-corrected chi connectivity index (χ3v) is 8.83. The summed E-state index contributed by atoms with van der Waals surface area (Å²) < 4.78 is 0. The molecule has 4 heteroatoms. The van der Waals surface area contributed by atoms with E-state index < -0.39 is 0 Å². The van der Waals surface area contributed by atoms with Crippen LogP contribution < -0.4 is 16.0 Å². The summed E-state index contributed by atoms with van der Waals surface area (Å²) in [4.78, 5) is 3.15. The van der Waals surface area contributed by atoms with Gasteiger partial charge >= 0.3 is 0 Å². The minimum Gasteiger partial charge on any atom is -0.316 e. The van der Waals surface area contributed by atoms with E-state index in [4.69, 9.17) is 0 Å². The van der Waals surface area contributed by atoms with Crippen LogP contribution in [0.3, 0.4) is 0 Å². The number of nitrogens with one attached hydrogen (secondary N) is 3. The highest BCUT2D eigenvalue weighted by molar-refractivity contribution is 5.15. The largest absolute Gasteiger partial charge is 0.316 e. The predicted molar refractivity (Wildman–Crippen MR) is 95.9 cm³/mol. The summed E-state index contributed by atoms with van der Waals surface area (Å²) in [5.74, 6) is 3.90. The summed E-state index contributed by atoms with van der Waals surface area (Å²) in [6.07, 6.45) is 10.2. The zero-order valence-electron chi connectivity index (χ0n) is 14.9. The third kappa shape index (κ3) is 2.00. The fraction of sp³-hybridized carbons (Fsp3) is 1.00. The van der Waals surface area contributed by atoms with Crippen molar-refractivity contribution >= 4 is 0 Å². The molecule has 134 valence electrons. The molecule has 0 amide bonds. The van der Waals surface area contributed by atoms with Gasteiger partial charge in [0.1, 0.15) is 0 Å². The molecular weight excluding hydrogens is 296 g/mol. The van der Waals surface area contributed by atoms with Gasteiger partial charge in [-0.3, -0.25) is 4.90 Å². The van der Waals surface area contributed by atoms with E-state index >= 15 is 0 Å². The maximum absolute atomic E-state index is 4.21. The van der Waals surface area contributed by atoms with Crippen LogP contribution >= 0.6 is 0 Å². The monoisotopic (exact) mass is 330 g/mol. The molecule has 4 nitrogen and oxygen atoms in total. The van der Waals surface area contributed by atoms with Gasteiger partial charge in [-0.25, -0.2) is 0 Å². The first kappa shape index (κ1) is 15.0. The molecule has 6 rings (SSSR count). The Hall–Kier alpha value is -0.160. The molecule has 0 aromatic carbocycles. The average molecular weight is 331 g/mol. The lowest BCUT2D eigenvalue weighted by atomic mass is 9.61. The topological polar surface area (TPSA) is 39.3 Å². The van der Waals surface area contributed by atoms with Gasteiger partial charge in [-0.2, -0.15) is 0 Å². The fourth-order valence-corrected chi connectivity index (χ4v) is 8.12. The average Bonchev–Trinajstić information content (AvgIpc) is 2.88. The van der Waals surface area contributed by atoms with E-state index in [1.54, 1.807) is 0 Å². The van der Waals surface area contributed by atoms with Gasteiger partial charge in [0, 0.05) is 36.8 Å². The molecule has 3 N–H and O–H groups in total. The summed E-state index contributed by atoms with van der Waals surface area (Å²) in [7, 11) is 0. The van der Waals surface area contributed by atoms with Crippen LogP contribution in [0.4, 0.5) is 0 Å². The SMILES string of the molecule is C1CC2CCC3C4CNCCC4N4C5CCNCC5NC(C1)C2C34. The smallest absolute Gasteiger partial charge is 0.0351 e. The standard InChI is InChI=1S/C20H34N4/c1-2-12-4-5-13-14-10-21-8-6-17(14)24-18-7-9-22-11-16(18)23-15(3-1)19(12)20(13)24/h12-23H,1-11H2. The van der Waals surface area contributed by atoms with Crippen molar-refractivity contribution < 1.29 is 0 Å². The molecule has 0 bridgehead atoms. The number of hydrogen-bond donors (Lipinski definition) is 3. The first-order chi connectivity index (χ1) is 11.9. The first-order valence-electron chi connectivity index (χ1n) is 10.9. The van der Waals surface area contributed by atoms with Crippen LogP contribution in [0.25, 0.3) is 0 Å². The summed E-state index contributed by atoms with van der Waals surface area (Å²) in [5.41, 5.74) is 0. The van der Waals surface area contributed by atoms with Crippen molar-refractivity contribution in [1.82, 2.24) is 20.9 Å². The van der Waals surface area contributed by atoms with Gasteiger partial charge in [-0.05, 0) is 75.4 Å². The van der Waals surface area contributed by atoms with Crippen LogP contribution in [-0.4, -0.2) is 61.3 Å². The second-order valence-corrected chi connectivity index (χ2v) is 9.61. The van der Waals surface area contributed by atoms with E-state index in [0.29, 0.717) is 6.04 Å². The Kier molecular flexibility index (Phi) is 3.53. The highest BCUT2D eigenvalue weighted by Gasteiger charge is 2.60. The molecule has 4 aliphatic heterocycles. The number of nitrogens with zero attached hydrogens (tertiary/aromatic N) is 1. The quantitative estimate of drug-likeness (QED) is 0.624. The zero-order valence-corrected chi connectivity index (χ0v) is 14.9. The molecule has 0 radical (unpaired) electrons. The van der Waals surface area contributed by atoms with Gasteiger partial charge in [0.05, 0.1) is 0 Å². The van der Waals surface area contributed by atoms with Gasteiger partial charge in [0.2, 0.25) is 0 Å². The molecule has 4 saturated heterocycles. The molecule has 0 spiro atoms. The number of hydrogen-bond acceptors (Lipinski definition) is 4. The van der Waals surface area contributed by atoms with E-state index in [2.05, 4.69) is 20.9 Å². The van der Waals surface area contributed by atoms with Gasteiger partial charge in [-0.1, -0.05) is 12.8 Å². The van der Waals surface area contributed by atoms with E-state index in [1.807, 2.05) is 0 Å². The maximum atomic E-state index is 4.21. The Morgan fingerprint density at radius 1 is 0.708 bits per heavy atom. The fourth-order valence-electron chi connectivity index (χ4n) is 8.12. The minimum atomic E-state index is 0.697. The number of fused-ring (bicyclic) bond motifs is 5. The van der Waals surface area contributed by atoms with Crippen molar-refractivity contribution in [3.8, 4) is 0 Å². The molecule has 0 aromatic rings. The van der Waals surface area contributed by atoms with E-state index in [9.17, 15) is 0 Å². The van der Waals surface area contributed by atoms with Gasteiger partial charge in [0.15, 0.2) is 0 Å². The molecule has 9 atom stereocenters. The second kappa shape index (κ2) is 5.67. The minimum absolute atomic E-state index is 0.697. The van der Waals surface area contributed by atoms with Crippen molar-refractivity contribution in [3.63, 3.8) is 0 Å². The summed E-state index contributed by atoms with van der Waals surface area (Å²) in [6.45, 7) is 4.97. The zero-order chi connectivity index (χ0) is 15.7. The van der Waals surface area contributed by atoms with Gasteiger partial charge in [0.25, 0.3) is 0 Å². The summed E-state index contributed by atoms with van der Waals surface area (Å²) in [5, 5.41) is 11.7. The predicted octanol–water partition coefficient (Wildman–Crippen LogP) is 1.18. The van der Waals surface area contributed by atoms with Crippen molar-refractivity contribution in [1.29, 1.82) is 0 Å². The number of rotatable bonds is 0. The highest BCUT2D eigenvalue weighted by Crippen LogP contribution is 2.55. The van der Waals surface area contributed by atoms with Crippen molar-refractivity contribution in [2.24, 2.45) is 23.7 Å². The molecule has 24 heavy (non-hydrogen) atoms. The van der Waals surface area contributed by atoms with Crippen LogP contribution in [0.5, 0.6) is 0 Å². The third-order valence-electron chi connectivity index (χ3n) is 8.83. The van der Waals surface area contributed by atoms with Crippen molar-refractivity contribution in [2.75, 3.05) is 26.2 Å². The Morgan fingerprint density at radius 3 is 2.54 bits per heavy atom. The molecule has 2 aliphatic carbocycles. The van der Waals surface area contributed by atoms with Gasteiger partial charge < -0.3 is 16.0 Å². The van der Waals surface area contributed by atoms with Crippen LogP contribution in [0.1, 0.15) is 44.9 Å². The molecular formula is C20H34N4. The lowest BCUT2D eigenvalue weighted by molar-refractivity contribution is 0.0114. The Bertz CT molecular complexity index is 490.